The number of halogens is 4. The van der Waals surface area contributed by atoms with E-state index < -0.39 is 23.0 Å². The first-order valence-electron chi connectivity index (χ1n) is 8.03. The highest BCUT2D eigenvalue weighted by molar-refractivity contribution is 4.89. The molecule has 0 fully saturated rings. The van der Waals surface area contributed by atoms with E-state index >= 15 is 0 Å². The summed E-state index contributed by atoms with van der Waals surface area (Å²) in [7, 11) is 0. The molecule has 0 aromatic heterocycles. The lowest BCUT2D eigenvalue weighted by atomic mass is 9.76. The van der Waals surface area contributed by atoms with E-state index in [2.05, 4.69) is 4.74 Å². The van der Waals surface area contributed by atoms with Crippen molar-refractivity contribution in [3.8, 4) is 0 Å². The van der Waals surface area contributed by atoms with Crippen LogP contribution in [0.1, 0.15) is 80.1 Å². The SMILES string of the molecule is CCC(CC)(CC)C(F)(F)OC(F)(F)C(CC)(CC)CC. The van der Waals surface area contributed by atoms with Gasteiger partial charge in [0, 0.05) is 0 Å². The average molecular weight is 314 g/mol. The van der Waals surface area contributed by atoms with Gasteiger partial charge in [-0.25, -0.2) is 0 Å². The summed E-state index contributed by atoms with van der Waals surface area (Å²) in [5.41, 5.74) is -3.09. The van der Waals surface area contributed by atoms with Gasteiger partial charge in [0.1, 0.15) is 0 Å². The van der Waals surface area contributed by atoms with Crippen molar-refractivity contribution in [2.24, 2.45) is 10.8 Å². The second kappa shape index (κ2) is 7.30. The third kappa shape index (κ3) is 3.54. The van der Waals surface area contributed by atoms with Crippen molar-refractivity contribution < 1.29 is 22.3 Å². The third-order valence-corrected chi connectivity index (χ3v) is 5.55. The van der Waals surface area contributed by atoms with Crippen molar-refractivity contribution in [1.29, 1.82) is 0 Å². The number of alkyl halides is 4. The van der Waals surface area contributed by atoms with Gasteiger partial charge in [0.15, 0.2) is 0 Å². The van der Waals surface area contributed by atoms with Gasteiger partial charge in [0.05, 0.1) is 10.8 Å². The Hall–Kier alpha value is -0.320. The van der Waals surface area contributed by atoms with Gasteiger partial charge < -0.3 is 0 Å². The smallest absolute Gasteiger partial charge is 0.254 e. The Balaban J connectivity index is 5.59. The van der Waals surface area contributed by atoms with Crippen LogP contribution in [-0.2, 0) is 4.74 Å². The van der Waals surface area contributed by atoms with Gasteiger partial charge in [-0.3, -0.25) is 4.74 Å². The molecule has 0 radical (unpaired) electrons. The molecule has 0 aromatic rings. The molecule has 5 heteroatoms. The van der Waals surface area contributed by atoms with Crippen molar-refractivity contribution >= 4 is 0 Å². The molecule has 0 unspecified atom stereocenters. The number of ether oxygens (including phenoxy) is 1. The molecule has 21 heavy (non-hydrogen) atoms. The molecule has 0 atom stereocenters. The number of rotatable bonds is 10. The number of hydrogen-bond donors (Lipinski definition) is 0. The summed E-state index contributed by atoms with van der Waals surface area (Å²) >= 11 is 0. The molecule has 0 aliphatic rings. The van der Waals surface area contributed by atoms with Crippen molar-refractivity contribution in [3.05, 3.63) is 0 Å². The standard InChI is InChI=1S/C16H30F4O/c1-7-13(8-2,9-3)15(17,18)21-16(19,20)14(10-4,11-5)12-6/h7-12H2,1-6H3. The molecule has 0 rings (SSSR count). The van der Waals surface area contributed by atoms with Gasteiger partial charge in [-0.15, -0.1) is 0 Å². The van der Waals surface area contributed by atoms with Crippen LogP contribution in [0.5, 0.6) is 0 Å². The van der Waals surface area contributed by atoms with E-state index in [4.69, 9.17) is 0 Å². The molecule has 0 amide bonds. The Morgan fingerprint density at radius 2 is 0.714 bits per heavy atom. The first-order chi connectivity index (χ1) is 9.57. The fraction of sp³-hybridized carbons (Fsp3) is 1.00. The van der Waals surface area contributed by atoms with Crippen LogP contribution in [0.15, 0.2) is 0 Å². The Morgan fingerprint density at radius 3 is 0.857 bits per heavy atom. The van der Waals surface area contributed by atoms with E-state index in [1.165, 1.54) is 0 Å². The van der Waals surface area contributed by atoms with Gasteiger partial charge in [-0.1, -0.05) is 41.5 Å². The van der Waals surface area contributed by atoms with E-state index in [-0.39, 0.29) is 38.5 Å². The van der Waals surface area contributed by atoms with Gasteiger partial charge in [0.2, 0.25) is 0 Å². The zero-order chi connectivity index (χ0) is 16.9. The monoisotopic (exact) mass is 314 g/mol. The highest BCUT2D eigenvalue weighted by atomic mass is 19.3. The zero-order valence-corrected chi connectivity index (χ0v) is 14.2. The Morgan fingerprint density at radius 1 is 0.524 bits per heavy atom. The minimum atomic E-state index is -3.85. The van der Waals surface area contributed by atoms with Crippen molar-refractivity contribution in [2.45, 2.75) is 92.3 Å². The molecule has 0 aliphatic carbocycles. The molecule has 0 heterocycles. The van der Waals surface area contributed by atoms with Crippen LogP contribution >= 0.6 is 0 Å². The molecular weight excluding hydrogens is 284 g/mol. The van der Waals surface area contributed by atoms with Crippen molar-refractivity contribution in [1.82, 2.24) is 0 Å². The maximum atomic E-state index is 14.5. The molecule has 0 aliphatic heterocycles. The van der Waals surface area contributed by atoms with E-state index in [0.29, 0.717) is 0 Å². The highest BCUT2D eigenvalue weighted by Crippen LogP contribution is 2.54. The zero-order valence-electron chi connectivity index (χ0n) is 14.2. The van der Waals surface area contributed by atoms with E-state index in [0.717, 1.165) is 0 Å². The van der Waals surface area contributed by atoms with Crippen LogP contribution in [-0.4, -0.2) is 12.2 Å². The minimum Gasteiger partial charge on any atom is -0.254 e. The second-order valence-electron chi connectivity index (χ2n) is 5.82. The fourth-order valence-electron chi connectivity index (χ4n) is 3.11. The maximum Gasteiger partial charge on any atom is 0.365 e. The fourth-order valence-corrected chi connectivity index (χ4v) is 3.11. The predicted octanol–water partition coefficient (Wildman–Crippen LogP) is 6.62. The lowest BCUT2D eigenvalue weighted by Gasteiger charge is -2.44. The predicted molar refractivity (Wildman–Crippen MR) is 77.6 cm³/mol. The summed E-state index contributed by atoms with van der Waals surface area (Å²) in [6.45, 7) is 9.55. The first-order valence-corrected chi connectivity index (χ1v) is 8.03. The van der Waals surface area contributed by atoms with Crippen LogP contribution in [0.25, 0.3) is 0 Å². The van der Waals surface area contributed by atoms with E-state index in [9.17, 15) is 17.6 Å². The average Bonchev–Trinajstić information content (AvgIpc) is 2.42. The van der Waals surface area contributed by atoms with Crippen LogP contribution < -0.4 is 0 Å². The summed E-state index contributed by atoms with van der Waals surface area (Å²) in [5.74, 6) is 0. The van der Waals surface area contributed by atoms with Crippen LogP contribution in [0, 0.1) is 10.8 Å². The maximum absolute atomic E-state index is 14.5. The van der Waals surface area contributed by atoms with Gasteiger partial charge in [-0.2, -0.15) is 17.6 Å². The summed E-state index contributed by atoms with van der Waals surface area (Å²) < 4.78 is 62.1. The third-order valence-electron chi connectivity index (χ3n) is 5.55. The molecule has 0 N–H and O–H groups in total. The Bertz CT molecular complexity index is 261. The summed E-state index contributed by atoms with van der Waals surface area (Å²) in [6, 6.07) is 0. The topological polar surface area (TPSA) is 9.23 Å². The van der Waals surface area contributed by atoms with Crippen LogP contribution in [0.4, 0.5) is 17.6 Å². The lowest BCUT2D eigenvalue weighted by molar-refractivity contribution is -0.442. The highest BCUT2D eigenvalue weighted by Gasteiger charge is 2.61. The quantitative estimate of drug-likeness (QED) is 0.412. The van der Waals surface area contributed by atoms with Crippen LogP contribution in [0.3, 0.4) is 0 Å². The molecule has 0 saturated heterocycles. The van der Waals surface area contributed by atoms with E-state index in [1.807, 2.05) is 0 Å². The minimum absolute atomic E-state index is 0.0977. The van der Waals surface area contributed by atoms with Crippen molar-refractivity contribution in [3.63, 3.8) is 0 Å². The second-order valence-corrected chi connectivity index (χ2v) is 5.82. The first kappa shape index (κ1) is 20.7. The largest absolute Gasteiger partial charge is 0.365 e. The van der Waals surface area contributed by atoms with Gasteiger partial charge >= 0.3 is 12.2 Å². The molecule has 128 valence electrons. The molecular formula is C16H30F4O. The molecule has 0 bridgehead atoms. The van der Waals surface area contributed by atoms with Gasteiger partial charge in [-0.05, 0) is 38.5 Å². The van der Waals surface area contributed by atoms with Gasteiger partial charge in [0.25, 0.3) is 0 Å². The normalized spacial score (nSPS) is 14.6. The van der Waals surface area contributed by atoms with E-state index in [1.54, 1.807) is 41.5 Å². The van der Waals surface area contributed by atoms with Crippen molar-refractivity contribution in [2.75, 3.05) is 0 Å². The Kier molecular flexibility index (Phi) is 7.18. The molecule has 0 aromatic carbocycles. The Labute approximate surface area is 126 Å². The molecule has 0 spiro atoms. The van der Waals surface area contributed by atoms with Crippen LogP contribution in [0.2, 0.25) is 0 Å². The summed E-state index contributed by atoms with van der Waals surface area (Å²) in [4.78, 5) is 0. The summed E-state index contributed by atoms with van der Waals surface area (Å²) in [6.07, 6.45) is -7.11. The molecule has 1 nitrogen and oxygen atoms in total. The number of hydrogen-bond acceptors (Lipinski definition) is 1. The summed E-state index contributed by atoms with van der Waals surface area (Å²) in [5, 5.41) is 0. The molecule has 0 saturated carbocycles. The lowest BCUT2D eigenvalue weighted by Crippen LogP contribution is -2.52.